The van der Waals surface area contributed by atoms with Gasteiger partial charge in [0.05, 0.1) is 24.3 Å². The van der Waals surface area contributed by atoms with Crippen molar-refractivity contribution >= 4 is 22.7 Å². The zero-order valence-corrected chi connectivity index (χ0v) is 16.9. The average molecular weight is 453 g/mol. The Morgan fingerprint density at radius 2 is 1.94 bits per heavy atom. The van der Waals surface area contributed by atoms with E-state index in [1.54, 1.807) is 6.20 Å². The first-order chi connectivity index (χ1) is 15.2. The summed E-state index contributed by atoms with van der Waals surface area (Å²) in [7, 11) is 0. The molecular weight excluding hydrogens is 433 g/mol. The average Bonchev–Trinajstić information content (AvgIpc) is 3.31. The molecule has 2 fully saturated rings. The van der Waals surface area contributed by atoms with Crippen LogP contribution in [0.1, 0.15) is 25.0 Å². The third-order valence-corrected chi connectivity index (χ3v) is 6.17. The first kappa shape index (κ1) is 20.8. The molecule has 1 aliphatic carbocycles. The topological polar surface area (TPSA) is 71.8 Å². The molecule has 0 radical (unpaired) electrons. The molecule has 12 heteroatoms. The number of anilines is 2. The van der Waals surface area contributed by atoms with Gasteiger partial charge in [-0.1, -0.05) is 0 Å². The quantitative estimate of drug-likeness (QED) is 0.590. The van der Waals surface area contributed by atoms with E-state index in [1.807, 2.05) is 4.90 Å². The Kier molecular flexibility index (Phi) is 4.90. The summed E-state index contributed by atoms with van der Waals surface area (Å²) in [5, 5.41) is 7.27. The molecule has 7 nitrogen and oxygen atoms in total. The molecule has 1 saturated carbocycles. The molecule has 2 aliphatic rings. The maximum Gasteiger partial charge on any atom is 0.433 e. The smallest absolute Gasteiger partial charge is 0.369 e. The minimum absolute atomic E-state index is 0.0926. The van der Waals surface area contributed by atoms with Crippen molar-refractivity contribution in [1.29, 1.82) is 0 Å². The van der Waals surface area contributed by atoms with Crippen molar-refractivity contribution in [2.24, 2.45) is 5.41 Å². The maximum absolute atomic E-state index is 12.7. The van der Waals surface area contributed by atoms with Crippen LogP contribution < -0.4 is 10.2 Å². The van der Waals surface area contributed by atoms with Crippen molar-refractivity contribution in [3.63, 3.8) is 0 Å². The Hall–Kier alpha value is -3.05. The lowest BCUT2D eigenvalue weighted by Gasteiger charge is -2.49. The predicted molar refractivity (Wildman–Crippen MR) is 106 cm³/mol. The highest BCUT2D eigenvalue weighted by atomic mass is 19.4. The van der Waals surface area contributed by atoms with Crippen molar-refractivity contribution < 1.29 is 22.0 Å². The molecule has 0 amide bonds. The van der Waals surface area contributed by atoms with Gasteiger partial charge in [0.25, 0.3) is 6.43 Å². The lowest BCUT2D eigenvalue weighted by atomic mass is 9.78. The number of fused-ring (bicyclic) bond motifs is 1. The number of aromatic nitrogens is 5. The summed E-state index contributed by atoms with van der Waals surface area (Å²) in [5.41, 5.74) is 0.653. The van der Waals surface area contributed by atoms with Crippen molar-refractivity contribution in [2.75, 3.05) is 23.3 Å². The van der Waals surface area contributed by atoms with E-state index in [1.165, 1.54) is 18.5 Å². The predicted octanol–water partition coefficient (Wildman–Crippen LogP) is 3.98. The van der Waals surface area contributed by atoms with Crippen LogP contribution >= 0.6 is 0 Å². The van der Waals surface area contributed by atoms with Crippen molar-refractivity contribution in [2.45, 2.75) is 44.5 Å². The van der Waals surface area contributed by atoms with E-state index >= 15 is 0 Å². The Labute approximate surface area is 179 Å². The third-order valence-electron chi connectivity index (χ3n) is 6.17. The molecule has 1 spiro atoms. The molecule has 0 bridgehead atoms. The molecule has 3 aromatic heterocycles. The molecule has 1 N–H and O–H groups in total. The van der Waals surface area contributed by atoms with Gasteiger partial charge in [-0.15, -0.1) is 0 Å². The van der Waals surface area contributed by atoms with E-state index in [9.17, 15) is 22.0 Å². The van der Waals surface area contributed by atoms with Gasteiger partial charge in [-0.25, -0.2) is 28.4 Å². The maximum atomic E-state index is 12.7. The number of alkyl halides is 5. The van der Waals surface area contributed by atoms with Crippen LogP contribution in [0.25, 0.3) is 11.2 Å². The van der Waals surface area contributed by atoms with Crippen molar-refractivity contribution in [3.8, 4) is 0 Å². The van der Waals surface area contributed by atoms with Crippen molar-refractivity contribution in [1.82, 2.24) is 24.7 Å². The Bertz CT molecular complexity index is 1110. The first-order valence-electron chi connectivity index (χ1n) is 10.2. The summed E-state index contributed by atoms with van der Waals surface area (Å²) >= 11 is 0. The molecule has 4 heterocycles. The number of pyridine rings is 1. The molecular formula is C20H20F5N7. The molecule has 0 aromatic carbocycles. The zero-order valence-electron chi connectivity index (χ0n) is 16.9. The number of nitrogens with zero attached hydrogens (tertiary/aromatic N) is 6. The number of halogens is 5. The number of nitrogens with one attached hydrogen (secondary N) is 1. The second-order valence-corrected chi connectivity index (χ2v) is 8.52. The minimum Gasteiger partial charge on any atom is -0.369 e. The Morgan fingerprint density at radius 3 is 2.62 bits per heavy atom. The van der Waals surface area contributed by atoms with Crippen LogP contribution in [0, 0.1) is 5.41 Å². The van der Waals surface area contributed by atoms with E-state index in [0.717, 1.165) is 43.1 Å². The van der Waals surface area contributed by atoms with Crippen LogP contribution in [0.3, 0.4) is 0 Å². The highest BCUT2D eigenvalue weighted by Crippen LogP contribution is 2.47. The van der Waals surface area contributed by atoms with Gasteiger partial charge in [-0.2, -0.15) is 18.3 Å². The van der Waals surface area contributed by atoms with Crippen LogP contribution in [0.15, 0.2) is 30.7 Å². The second kappa shape index (κ2) is 7.52. The molecule has 1 unspecified atom stereocenters. The van der Waals surface area contributed by atoms with Crippen LogP contribution in [0.4, 0.5) is 33.5 Å². The molecule has 1 aliphatic heterocycles. The largest absolute Gasteiger partial charge is 0.433 e. The zero-order chi connectivity index (χ0) is 22.5. The monoisotopic (exact) mass is 453 g/mol. The lowest BCUT2D eigenvalue weighted by molar-refractivity contribution is -0.141. The summed E-state index contributed by atoms with van der Waals surface area (Å²) < 4.78 is 64.7. The fourth-order valence-electron chi connectivity index (χ4n) is 4.70. The summed E-state index contributed by atoms with van der Waals surface area (Å²) in [6.45, 7) is 0.969. The molecule has 5 rings (SSSR count). The Balaban J connectivity index is 1.20. The summed E-state index contributed by atoms with van der Waals surface area (Å²) in [5.74, 6) is 0.513. The van der Waals surface area contributed by atoms with E-state index in [-0.39, 0.29) is 11.5 Å². The number of hydrogen-bond donors (Lipinski definition) is 1. The van der Waals surface area contributed by atoms with Gasteiger partial charge < -0.3 is 10.2 Å². The standard InChI is InChI=1S/C20H20F5N7/c21-16(22)9-32-18-14(7-28-32)26-8-17(30-18)29-12-3-4-19(5-12)10-31(11-19)13-1-2-15(27-6-13)20(23,24)25/h1-2,6-8,12,16H,3-5,9-11H2,(H,29,30). The van der Waals surface area contributed by atoms with E-state index in [0.29, 0.717) is 22.7 Å². The molecule has 32 heavy (non-hydrogen) atoms. The van der Waals surface area contributed by atoms with E-state index < -0.39 is 24.8 Å². The highest BCUT2D eigenvalue weighted by molar-refractivity contribution is 5.71. The number of rotatable bonds is 5. The van der Waals surface area contributed by atoms with E-state index in [2.05, 4.69) is 25.4 Å². The fraction of sp³-hybridized carbons (Fsp3) is 0.500. The first-order valence-corrected chi connectivity index (χ1v) is 10.2. The molecule has 170 valence electrons. The third kappa shape index (κ3) is 3.93. The molecule has 3 aromatic rings. The second-order valence-electron chi connectivity index (χ2n) is 8.52. The minimum atomic E-state index is -4.44. The fourth-order valence-corrected chi connectivity index (χ4v) is 4.70. The summed E-state index contributed by atoms with van der Waals surface area (Å²) in [4.78, 5) is 14.2. The van der Waals surface area contributed by atoms with Gasteiger partial charge in [-0.3, -0.25) is 0 Å². The van der Waals surface area contributed by atoms with Gasteiger partial charge in [0, 0.05) is 24.5 Å². The van der Waals surface area contributed by atoms with Crippen LogP contribution in [-0.2, 0) is 12.7 Å². The lowest BCUT2D eigenvalue weighted by Crippen LogP contribution is -2.55. The van der Waals surface area contributed by atoms with E-state index in [4.69, 9.17) is 0 Å². The van der Waals surface area contributed by atoms with Gasteiger partial charge in [-0.05, 0) is 31.4 Å². The van der Waals surface area contributed by atoms with Crippen molar-refractivity contribution in [3.05, 3.63) is 36.4 Å². The molecule has 1 saturated heterocycles. The Morgan fingerprint density at radius 1 is 1.12 bits per heavy atom. The number of hydrogen-bond acceptors (Lipinski definition) is 6. The highest BCUT2D eigenvalue weighted by Gasteiger charge is 2.48. The normalized spacial score (nSPS) is 20.3. The van der Waals surface area contributed by atoms with Crippen LogP contribution in [-0.4, -0.2) is 50.3 Å². The van der Waals surface area contributed by atoms with Crippen LogP contribution in [0.2, 0.25) is 0 Å². The van der Waals surface area contributed by atoms with Gasteiger partial charge >= 0.3 is 6.18 Å². The summed E-state index contributed by atoms with van der Waals surface area (Å²) in [6, 6.07) is 2.62. The van der Waals surface area contributed by atoms with Crippen LogP contribution in [0.5, 0.6) is 0 Å². The van der Waals surface area contributed by atoms with Gasteiger partial charge in [0.15, 0.2) is 5.65 Å². The van der Waals surface area contributed by atoms with Gasteiger partial charge in [0.2, 0.25) is 0 Å². The summed E-state index contributed by atoms with van der Waals surface area (Å²) in [6.07, 6.45) is 0.0562. The molecule has 1 atom stereocenters. The van der Waals surface area contributed by atoms with Gasteiger partial charge in [0.1, 0.15) is 23.6 Å². The SMILES string of the molecule is FC(F)Cn1ncc2ncc(NC3CCC4(C3)CN(c3ccc(C(F)(F)F)nc3)C4)nc21.